The third kappa shape index (κ3) is 3.16. The van der Waals surface area contributed by atoms with E-state index in [-0.39, 0.29) is 11.8 Å². The van der Waals surface area contributed by atoms with Crippen LogP contribution in [0.25, 0.3) is 0 Å². The first kappa shape index (κ1) is 15.5. The molecule has 2 heterocycles. The van der Waals surface area contributed by atoms with Crippen LogP contribution in [-0.2, 0) is 11.2 Å². The molecule has 0 atom stereocenters. The molecule has 2 aliphatic rings. The predicted octanol–water partition coefficient (Wildman–Crippen LogP) is 2.89. The standard InChI is InChI=1S/C16H23N3O2S/c1-2-12-14(15(21)17-11-7-4-3-5-8-11)22-16(18-12)19-10-6-9-13(19)20/h11H,2-10H2,1H3,(H,17,21). The Bertz CT molecular complexity index is 564. The zero-order valence-electron chi connectivity index (χ0n) is 13.1. The second-order valence-electron chi connectivity index (χ2n) is 6.08. The Balaban J connectivity index is 1.75. The van der Waals surface area contributed by atoms with Gasteiger partial charge in [0.15, 0.2) is 5.13 Å². The minimum absolute atomic E-state index is 0.0147. The largest absolute Gasteiger partial charge is 0.349 e. The van der Waals surface area contributed by atoms with Gasteiger partial charge in [-0.25, -0.2) is 4.98 Å². The van der Waals surface area contributed by atoms with Crippen molar-refractivity contribution in [1.82, 2.24) is 10.3 Å². The first-order valence-electron chi connectivity index (χ1n) is 8.30. The van der Waals surface area contributed by atoms with E-state index in [1.165, 1.54) is 30.6 Å². The van der Waals surface area contributed by atoms with E-state index < -0.39 is 0 Å². The molecule has 1 aliphatic heterocycles. The van der Waals surface area contributed by atoms with E-state index >= 15 is 0 Å². The van der Waals surface area contributed by atoms with Crippen LogP contribution in [0.1, 0.15) is 67.2 Å². The van der Waals surface area contributed by atoms with E-state index in [0.29, 0.717) is 28.9 Å². The van der Waals surface area contributed by atoms with E-state index in [1.807, 2.05) is 6.92 Å². The minimum atomic E-state index is -0.0147. The van der Waals surface area contributed by atoms with Crippen molar-refractivity contribution in [2.45, 2.75) is 64.3 Å². The lowest BCUT2D eigenvalue weighted by Crippen LogP contribution is -2.36. The van der Waals surface area contributed by atoms with Gasteiger partial charge in [-0.2, -0.15) is 0 Å². The molecule has 1 aliphatic carbocycles. The number of nitrogens with one attached hydrogen (secondary N) is 1. The van der Waals surface area contributed by atoms with Crippen molar-refractivity contribution in [2.24, 2.45) is 0 Å². The summed E-state index contributed by atoms with van der Waals surface area (Å²) in [6.45, 7) is 2.72. The molecule has 2 fully saturated rings. The van der Waals surface area contributed by atoms with Crippen LogP contribution in [-0.4, -0.2) is 29.4 Å². The number of hydrogen-bond donors (Lipinski definition) is 1. The molecule has 0 bridgehead atoms. The van der Waals surface area contributed by atoms with Gasteiger partial charge in [0.1, 0.15) is 4.88 Å². The normalized spacial score (nSPS) is 19.7. The maximum absolute atomic E-state index is 12.6. The lowest BCUT2D eigenvalue weighted by atomic mass is 9.95. The molecule has 120 valence electrons. The summed E-state index contributed by atoms with van der Waals surface area (Å²) in [4.78, 5) is 31.4. The smallest absolute Gasteiger partial charge is 0.263 e. The van der Waals surface area contributed by atoms with Gasteiger partial charge in [-0.3, -0.25) is 14.5 Å². The Morgan fingerprint density at radius 1 is 1.32 bits per heavy atom. The van der Waals surface area contributed by atoms with Gasteiger partial charge < -0.3 is 5.32 Å². The van der Waals surface area contributed by atoms with Crippen LogP contribution in [0.3, 0.4) is 0 Å². The highest BCUT2D eigenvalue weighted by molar-refractivity contribution is 7.17. The SMILES string of the molecule is CCc1nc(N2CCCC2=O)sc1C(=O)NC1CCCCC1. The first-order valence-corrected chi connectivity index (χ1v) is 9.11. The zero-order valence-corrected chi connectivity index (χ0v) is 13.9. The van der Waals surface area contributed by atoms with Crippen LogP contribution >= 0.6 is 11.3 Å². The van der Waals surface area contributed by atoms with Crippen LogP contribution in [0.2, 0.25) is 0 Å². The highest BCUT2D eigenvalue weighted by Crippen LogP contribution is 2.30. The van der Waals surface area contributed by atoms with Crippen LogP contribution < -0.4 is 10.2 Å². The average Bonchev–Trinajstić information content (AvgIpc) is 3.13. The number of aromatic nitrogens is 1. The number of aryl methyl sites for hydroxylation is 1. The molecule has 5 nitrogen and oxygen atoms in total. The number of hydrogen-bond acceptors (Lipinski definition) is 4. The Hall–Kier alpha value is -1.43. The summed E-state index contributed by atoms with van der Waals surface area (Å²) in [5.41, 5.74) is 0.813. The molecule has 6 heteroatoms. The Labute approximate surface area is 135 Å². The number of amides is 2. The highest BCUT2D eigenvalue weighted by atomic mass is 32.1. The molecular weight excluding hydrogens is 298 g/mol. The second-order valence-corrected chi connectivity index (χ2v) is 7.06. The number of nitrogens with zero attached hydrogens (tertiary/aromatic N) is 2. The van der Waals surface area contributed by atoms with Crippen LogP contribution in [0.15, 0.2) is 0 Å². The van der Waals surface area contributed by atoms with E-state index in [0.717, 1.165) is 31.5 Å². The molecule has 2 amide bonds. The van der Waals surface area contributed by atoms with E-state index in [9.17, 15) is 9.59 Å². The summed E-state index contributed by atoms with van der Waals surface area (Å²) in [5, 5.41) is 3.84. The molecule has 1 aromatic rings. The fraction of sp³-hybridized carbons (Fsp3) is 0.688. The summed E-state index contributed by atoms with van der Waals surface area (Å²) in [6.07, 6.45) is 7.99. The number of carbonyl (C=O) groups excluding carboxylic acids is 2. The third-order valence-electron chi connectivity index (χ3n) is 4.47. The van der Waals surface area contributed by atoms with Crippen molar-refractivity contribution in [3.05, 3.63) is 10.6 Å². The fourth-order valence-corrected chi connectivity index (χ4v) is 4.32. The van der Waals surface area contributed by atoms with Gasteiger partial charge in [-0.1, -0.05) is 37.5 Å². The monoisotopic (exact) mass is 321 g/mol. The molecule has 0 aromatic carbocycles. The van der Waals surface area contributed by atoms with Gasteiger partial charge >= 0.3 is 0 Å². The Kier molecular flexibility index (Phi) is 4.76. The molecule has 1 N–H and O–H groups in total. The number of rotatable bonds is 4. The predicted molar refractivity (Wildman–Crippen MR) is 87.4 cm³/mol. The number of thiazole rings is 1. The lowest BCUT2D eigenvalue weighted by molar-refractivity contribution is -0.117. The number of carbonyl (C=O) groups is 2. The minimum Gasteiger partial charge on any atom is -0.349 e. The van der Waals surface area contributed by atoms with Gasteiger partial charge in [0, 0.05) is 19.0 Å². The van der Waals surface area contributed by atoms with Crippen molar-refractivity contribution < 1.29 is 9.59 Å². The maximum atomic E-state index is 12.6. The van der Waals surface area contributed by atoms with Crippen LogP contribution in [0.5, 0.6) is 0 Å². The molecule has 1 saturated carbocycles. The number of anilines is 1. The van der Waals surface area contributed by atoms with E-state index in [4.69, 9.17) is 0 Å². The van der Waals surface area contributed by atoms with Crippen molar-refractivity contribution in [3.8, 4) is 0 Å². The molecule has 1 aromatic heterocycles. The second kappa shape index (κ2) is 6.77. The zero-order chi connectivity index (χ0) is 15.5. The summed E-state index contributed by atoms with van der Waals surface area (Å²) in [6, 6.07) is 0.296. The highest BCUT2D eigenvalue weighted by Gasteiger charge is 2.28. The molecule has 0 unspecified atom stereocenters. The summed E-state index contributed by atoms with van der Waals surface area (Å²) >= 11 is 1.36. The Morgan fingerprint density at radius 2 is 2.09 bits per heavy atom. The summed E-state index contributed by atoms with van der Waals surface area (Å²) in [5.74, 6) is 0.106. The van der Waals surface area contributed by atoms with Crippen molar-refractivity contribution in [1.29, 1.82) is 0 Å². The van der Waals surface area contributed by atoms with Crippen LogP contribution in [0, 0.1) is 0 Å². The van der Waals surface area contributed by atoms with Crippen molar-refractivity contribution in [3.63, 3.8) is 0 Å². The molecular formula is C16H23N3O2S. The van der Waals surface area contributed by atoms with Crippen LogP contribution in [0.4, 0.5) is 5.13 Å². The van der Waals surface area contributed by atoms with Gasteiger partial charge in [0.05, 0.1) is 5.69 Å². The van der Waals surface area contributed by atoms with Gasteiger partial charge in [-0.15, -0.1) is 0 Å². The van der Waals surface area contributed by atoms with Crippen molar-refractivity contribution >= 4 is 28.3 Å². The van der Waals surface area contributed by atoms with Gasteiger partial charge in [0.25, 0.3) is 5.91 Å². The lowest BCUT2D eigenvalue weighted by Gasteiger charge is -2.22. The summed E-state index contributed by atoms with van der Waals surface area (Å²) in [7, 11) is 0. The van der Waals surface area contributed by atoms with Crippen molar-refractivity contribution in [2.75, 3.05) is 11.4 Å². The fourth-order valence-electron chi connectivity index (χ4n) is 3.22. The molecule has 3 rings (SSSR count). The quantitative estimate of drug-likeness (QED) is 0.927. The summed E-state index contributed by atoms with van der Waals surface area (Å²) < 4.78 is 0. The van der Waals surface area contributed by atoms with E-state index in [1.54, 1.807) is 4.90 Å². The third-order valence-corrected chi connectivity index (χ3v) is 5.59. The molecule has 0 radical (unpaired) electrons. The van der Waals surface area contributed by atoms with E-state index in [2.05, 4.69) is 10.3 Å². The molecule has 1 saturated heterocycles. The van der Waals surface area contributed by atoms with Gasteiger partial charge in [0.2, 0.25) is 5.91 Å². The molecule has 22 heavy (non-hydrogen) atoms. The first-order chi connectivity index (χ1) is 10.7. The Morgan fingerprint density at radius 3 is 2.73 bits per heavy atom. The average molecular weight is 321 g/mol. The topological polar surface area (TPSA) is 62.3 Å². The van der Waals surface area contributed by atoms with Gasteiger partial charge in [-0.05, 0) is 25.7 Å². The maximum Gasteiger partial charge on any atom is 0.263 e. The molecule has 0 spiro atoms.